The molecule has 3 nitrogen and oxygen atoms in total. The van der Waals surface area contributed by atoms with Crippen molar-refractivity contribution in [2.24, 2.45) is 0 Å². The molecule has 0 atom stereocenters. The number of aryl methyl sites for hydroxylation is 1. The summed E-state index contributed by atoms with van der Waals surface area (Å²) < 4.78 is 43.4. The highest BCUT2D eigenvalue weighted by Gasteiger charge is 2.34. The summed E-state index contributed by atoms with van der Waals surface area (Å²) >= 11 is 1.59. The molecule has 0 saturated carbocycles. The summed E-state index contributed by atoms with van der Waals surface area (Å²) in [6, 6.07) is 8.73. The first-order valence-electron chi connectivity index (χ1n) is 7.03. The van der Waals surface area contributed by atoms with E-state index in [1.807, 2.05) is 19.1 Å². The number of ether oxygens (including phenoxy) is 1. The summed E-state index contributed by atoms with van der Waals surface area (Å²) in [5.74, 6) is -0.812. The number of nitrogens with one attached hydrogen (secondary N) is 1. The normalized spacial score (nSPS) is 11.3. The second-order valence-corrected chi connectivity index (χ2v) is 6.03. The molecule has 124 valence electrons. The van der Waals surface area contributed by atoms with E-state index in [9.17, 15) is 18.0 Å². The van der Waals surface area contributed by atoms with E-state index in [0.717, 1.165) is 17.4 Å². The molecule has 1 heterocycles. The average molecular weight is 343 g/mol. The SMILES string of the molecule is CCc1ccc(CNC(=O)COc2ccccc2C(F)(F)F)s1. The van der Waals surface area contributed by atoms with Crippen LogP contribution in [-0.2, 0) is 23.9 Å². The molecular weight excluding hydrogens is 327 g/mol. The van der Waals surface area contributed by atoms with E-state index in [1.165, 1.54) is 23.1 Å². The monoisotopic (exact) mass is 343 g/mol. The highest BCUT2D eigenvalue weighted by molar-refractivity contribution is 7.11. The molecule has 1 aromatic heterocycles. The Morgan fingerprint density at radius 3 is 2.52 bits per heavy atom. The number of halogens is 3. The molecule has 0 spiro atoms. The van der Waals surface area contributed by atoms with Crippen molar-refractivity contribution in [3.05, 3.63) is 51.7 Å². The standard InChI is InChI=1S/C16H16F3NO2S/c1-2-11-7-8-12(23-11)9-20-15(21)10-22-14-6-4-3-5-13(14)16(17,18)19/h3-8H,2,9-10H2,1H3,(H,20,21). The second-order valence-electron chi connectivity index (χ2n) is 4.78. The average Bonchev–Trinajstić information content (AvgIpc) is 2.98. The molecule has 0 aliphatic heterocycles. The fourth-order valence-corrected chi connectivity index (χ4v) is 2.81. The van der Waals surface area contributed by atoms with Gasteiger partial charge in [0, 0.05) is 9.75 Å². The van der Waals surface area contributed by atoms with Gasteiger partial charge in [0.05, 0.1) is 12.1 Å². The number of hydrogen-bond acceptors (Lipinski definition) is 3. The van der Waals surface area contributed by atoms with Crippen LogP contribution in [0.15, 0.2) is 36.4 Å². The number of para-hydroxylation sites is 1. The first-order chi connectivity index (χ1) is 10.9. The topological polar surface area (TPSA) is 38.3 Å². The van der Waals surface area contributed by atoms with Crippen molar-refractivity contribution in [2.75, 3.05) is 6.61 Å². The van der Waals surface area contributed by atoms with Crippen molar-refractivity contribution >= 4 is 17.2 Å². The molecule has 0 aliphatic carbocycles. The van der Waals surface area contributed by atoms with E-state index in [2.05, 4.69) is 5.32 Å². The Labute approximate surface area is 136 Å². The van der Waals surface area contributed by atoms with Gasteiger partial charge in [-0.05, 0) is 30.7 Å². The zero-order valence-electron chi connectivity index (χ0n) is 12.4. The van der Waals surface area contributed by atoms with E-state index < -0.39 is 24.3 Å². The van der Waals surface area contributed by atoms with Crippen LogP contribution >= 0.6 is 11.3 Å². The predicted octanol–water partition coefficient (Wildman–Crippen LogP) is 4.02. The maximum Gasteiger partial charge on any atom is 0.419 e. The molecule has 2 aromatic rings. The van der Waals surface area contributed by atoms with Crippen molar-refractivity contribution in [3.8, 4) is 5.75 Å². The van der Waals surface area contributed by atoms with E-state index in [4.69, 9.17) is 4.74 Å². The molecule has 7 heteroatoms. The van der Waals surface area contributed by atoms with Gasteiger partial charge >= 0.3 is 6.18 Å². The van der Waals surface area contributed by atoms with Gasteiger partial charge in [-0.3, -0.25) is 4.79 Å². The molecule has 0 aliphatic rings. The van der Waals surface area contributed by atoms with Gasteiger partial charge in [-0.25, -0.2) is 0 Å². The molecule has 1 N–H and O–H groups in total. The Morgan fingerprint density at radius 2 is 1.87 bits per heavy atom. The third-order valence-electron chi connectivity index (χ3n) is 3.08. The first-order valence-corrected chi connectivity index (χ1v) is 7.85. The van der Waals surface area contributed by atoms with Crippen molar-refractivity contribution in [2.45, 2.75) is 26.1 Å². The summed E-state index contributed by atoms with van der Waals surface area (Å²) in [7, 11) is 0. The molecule has 0 radical (unpaired) electrons. The number of carbonyl (C=O) groups is 1. The molecule has 1 amide bonds. The molecular formula is C16H16F3NO2S. The largest absolute Gasteiger partial charge is 0.483 e. The minimum Gasteiger partial charge on any atom is -0.483 e. The van der Waals surface area contributed by atoms with Crippen LogP contribution < -0.4 is 10.1 Å². The number of rotatable bonds is 6. The molecule has 0 unspecified atom stereocenters. The van der Waals surface area contributed by atoms with Gasteiger partial charge < -0.3 is 10.1 Å². The van der Waals surface area contributed by atoms with Crippen LogP contribution in [0.25, 0.3) is 0 Å². The molecule has 0 saturated heterocycles. The highest BCUT2D eigenvalue weighted by atomic mass is 32.1. The Morgan fingerprint density at radius 1 is 1.17 bits per heavy atom. The number of alkyl halides is 3. The third kappa shape index (κ3) is 4.99. The maximum absolute atomic E-state index is 12.8. The van der Waals surface area contributed by atoms with Gasteiger partial charge in [-0.1, -0.05) is 19.1 Å². The van der Waals surface area contributed by atoms with Crippen molar-refractivity contribution in [3.63, 3.8) is 0 Å². The zero-order valence-corrected chi connectivity index (χ0v) is 13.3. The number of amides is 1. The minimum absolute atomic E-state index is 0.341. The number of carbonyl (C=O) groups excluding carboxylic acids is 1. The van der Waals surface area contributed by atoms with Crippen LogP contribution in [0.4, 0.5) is 13.2 Å². The van der Waals surface area contributed by atoms with E-state index in [-0.39, 0.29) is 5.75 Å². The van der Waals surface area contributed by atoms with E-state index in [0.29, 0.717) is 6.54 Å². The van der Waals surface area contributed by atoms with Crippen LogP contribution in [0.3, 0.4) is 0 Å². The van der Waals surface area contributed by atoms with Gasteiger partial charge in [0.2, 0.25) is 0 Å². The molecule has 23 heavy (non-hydrogen) atoms. The van der Waals surface area contributed by atoms with Gasteiger partial charge in [0.25, 0.3) is 5.91 Å². The summed E-state index contributed by atoms with van der Waals surface area (Å²) in [4.78, 5) is 13.9. The Balaban J connectivity index is 1.87. The van der Waals surface area contributed by atoms with Crippen LogP contribution in [0.1, 0.15) is 22.2 Å². The van der Waals surface area contributed by atoms with E-state index >= 15 is 0 Å². The van der Waals surface area contributed by atoms with Crippen molar-refractivity contribution in [1.29, 1.82) is 0 Å². The molecule has 2 rings (SSSR count). The predicted molar refractivity (Wildman–Crippen MR) is 82.5 cm³/mol. The minimum atomic E-state index is -4.51. The lowest BCUT2D eigenvalue weighted by Gasteiger charge is -2.13. The molecule has 0 bridgehead atoms. The van der Waals surface area contributed by atoms with Crippen LogP contribution in [0.2, 0.25) is 0 Å². The highest BCUT2D eigenvalue weighted by Crippen LogP contribution is 2.35. The van der Waals surface area contributed by atoms with Crippen LogP contribution in [0, 0.1) is 0 Å². The Bertz CT molecular complexity index is 667. The summed E-state index contributed by atoms with van der Waals surface area (Å²) in [6.45, 7) is 1.92. The number of benzene rings is 1. The van der Waals surface area contributed by atoms with Gasteiger partial charge in [-0.2, -0.15) is 13.2 Å². The van der Waals surface area contributed by atoms with Gasteiger partial charge in [-0.15, -0.1) is 11.3 Å². The quantitative estimate of drug-likeness (QED) is 0.860. The summed E-state index contributed by atoms with van der Waals surface area (Å²) in [5.41, 5.74) is -0.890. The van der Waals surface area contributed by atoms with Gasteiger partial charge in [0.15, 0.2) is 6.61 Å². The molecule has 0 fully saturated rings. The lowest BCUT2D eigenvalue weighted by Crippen LogP contribution is -2.28. The lowest BCUT2D eigenvalue weighted by atomic mass is 10.2. The lowest BCUT2D eigenvalue weighted by molar-refractivity contribution is -0.139. The smallest absolute Gasteiger partial charge is 0.419 e. The first kappa shape index (κ1) is 17.3. The van der Waals surface area contributed by atoms with E-state index in [1.54, 1.807) is 11.3 Å². The summed E-state index contributed by atoms with van der Waals surface area (Å²) in [6.07, 6.45) is -3.59. The van der Waals surface area contributed by atoms with Crippen molar-refractivity contribution < 1.29 is 22.7 Å². The number of hydrogen-bond donors (Lipinski definition) is 1. The maximum atomic E-state index is 12.8. The second kappa shape index (κ2) is 7.50. The van der Waals surface area contributed by atoms with Gasteiger partial charge in [0.1, 0.15) is 5.75 Å². The number of thiophene rings is 1. The molecule has 1 aromatic carbocycles. The fourth-order valence-electron chi connectivity index (χ4n) is 1.91. The fraction of sp³-hybridized carbons (Fsp3) is 0.312. The third-order valence-corrected chi connectivity index (χ3v) is 4.31. The van der Waals surface area contributed by atoms with Crippen molar-refractivity contribution in [1.82, 2.24) is 5.32 Å². The van der Waals surface area contributed by atoms with Crippen LogP contribution in [0.5, 0.6) is 5.75 Å². The summed E-state index contributed by atoms with van der Waals surface area (Å²) in [5, 5.41) is 2.63. The Kier molecular flexibility index (Phi) is 5.65. The van der Waals surface area contributed by atoms with Crippen LogP contribution in [-0.4, -0.2) is 12.5 Å². The zero-order chi connectivity index (χ0) is 16.9. The Hall–Kier alpha value is -2.02.